The van der Waals surface area contributed by atoms with E-state index in [2.05, 4.69) is 22.6 Å². The molecule has 0 amide bonds. The lowest BCUT2D eigenvalue weighted by Gasteiger charge is -2.19. The molecule has 0 saturated carbocycles. The van der Waals surface area contributed by atoms with Crippen molar-refractivity contribution in [2.45, 2.75) is 31.8 Å². The van der Waals surface area contributed by atoms with Gasteiger partial charge >= 0.3 is 0 Å². The Morgan fingerprint density at radius 1 is 1.29 bits per heavy atom. The molecule has 0 radical (unpaired) electrons. The summed E-state index contributed by atoms with van der Waals surface area (Å²) >= 11 is 4.10. The van der Waals surface area contributed by atoms with E-state index in [0.717, 1.165) is 44.6 Å². The van der Waals surface area contributed by atoms with Crippen molar-refractivity contribution in [1.82, 2.24) is 0 Å². The Kier molecular flexibility index (Phi) is 7.44. The predicted molar refractivity (Wildman–Crippen MR) is 55.1 cm³/mol. The van der Waals surface area contributed by atoms with Gasteiger partial charge in [-0.3, -0.25) is 0 Å². The minimum absolute atomic E-state index is 0.164. The van der Waals surface area contributed by atoms with Gasteiger partial charge in [0, 0.05) is 19.6 Å². The van der Waals surface area contributed by atoms with Crippen LogP contribution in [0.2, 0.25) is 0 Å². The van der Waals surface area contributed by atoms with Crippen molar-refractivity contribution in [2.75, 3.05) is 25.6 Å². The lowest BCUT2D eigenvalue weighted by Crippen LogP contribution is -2.22. The van der Waals surface area contributed by atoms with Crippen LogP contribution in [0.25, 0.3) is 0 Å². The summed E-state index contributed by atoms with van der Waals surface area (Å²) in [4.78, 5) is 9.51. The Bertz CT molecular complexity index is 128. The van der Waals surface area contributed by atoms with E-state index < -0.39 is 0 Å². The molecule has 1 rings (SSSR count). The summed E-state index contributed by atoms with van der Waals surface area (Å²) in [5, 5.41) is 4.43. The summed E-state index contributed by atoms with van der Waals surface area (Å²) in [7, 11) is 0. The van der Waals surface area contributed by atoms with Gasteiger partial charge in [0.2, 0.25) is 0 Å². The molecule has 0 N–H and O–H groups in total. The molecule has 0 aromatic carbocycles. The minimum atomic E-state index is 0.164. The smallest absolute Gasteiger partial charge is 0.0985 e. The highest BCUT2D eigenvalue weighted by atomic mass is 32.1. The normalized spacial score (nSPS) is 22.5. The average molecular weight is 222 g/mol. The molecule has 5 heteroatoms. The van der Waals surface area contributed by atoms with E-state index in [1.807, 2.05) is 0 Å². The number of hydrogen-bond donors (Lipinski definition) is 1. The van der Waals surface area contributed by atoms with Crippen LogP contribution in [0.1, 0.15) is 25.7 Å². The molecule has 1 atom stereocenters. The average Bonchev–Trinajstić information content (AvgIpc) is 2.25. The standard InChI is InChI=1S/C9H18O4S/c14-8-2-6-10-5-1-3-9-4-7-11-13-12-9/h9,14H,1-8H2. The van der Waals surface area contributed by atoms with E-state index in [0.29, 0.717) is 6.61 Å². The second-order valence-corrected chi connectivity index (χ2v) is 3.68. The Labute approximate surface area is 90.1 Å². The first kappa shape index (κ1) is 12.3. The van der Waals surface area contributed by atoms with Gasteiger partial charge in [-0.05, 0) is 25.0 Å². The van der Waals surface area contributed by atoms with Crippen LogP contribution in [0.5, 0.6) is 0 Å². The Hall–Kier alpha value is 0.190. The third-order valence-corrected chi connectivity index (χ3v) is 2.32. The summed E-state index contributed by atoms with van der Waals surface area (Å²) in [6.07, 6.45) is 4.04. The Balaban J connectivity index is 1.82. The van der Waals surface area contributed by atoms with Crippen LogP contribution in [0.3, 0.4) is 0 Å². The SMILES string of the molecule is SCCCOCCCC1CCOOO1. The fourth-order valence-corrected chi connectivity index (χ4v) is 1.35. The fourth-order valence-electron chi connectivity index (χ4n) is 1.22. The topological polar surface area (TPSA) is 36.9 Å². The van der Waals surface area contributed by atoms with E-state index in [4.69, 9.17) is 9.62 Å². The third kappa shape index (κ3) is 5.82. The number of thiol groups is 1. The molecule has 1 aliphatic heterocycles. The highest BCUT2D eigenvalue weighted by Gasteiger charge is 2.15. The molecule has 1 fully saturated rings. The molecule has 4 nitrogen and oxygen atoms in total. The summed E-state index contributed by atoms with van der Waals surface area (Å²) in [5.74, 6) is 0.886. The van der Waals surface area contributed by atoms with E-state index in [1.165, 1.54) is 0 Å². The zero-order chi connectivity index (χ0) is 10.1. The van der Waals surface area contributed by atoms with E-state index >= 15 is 0 Å². The summed E-state index contributed by atoms with van der Waals surface area (Å²) < 4.78 is 5.39. The van der Waals surface area contributed by atoms with Crippen molar-refractivity contribution in [3.63, 3.8) is 0 Å². The van der Waals surface area contributed by atoms with Crippen LogP contribution in [0.4, 0.5) is 0 Å². The van der Waals surface area contributed by atoms with Gasteiger partial charge in [-0.2, -0.15) is 12.6 Å². The highest BCUT2D eigenvalue weighted by Crippen LogP contribution is 2.12. The quantitative estimate of drug-likeness (QED) is 0.404. The zero-order valence-electron chi connectivity index (χ0n) is 8.31. The maximum atomic E-state index is 5.39. The van der Waals surface area contributed by atoms with Gasteiger partial charge in [-0.25, -0.2) is 9.78 Å². The van der Waals surface area contributed by atoms with Crippen LogP contribution >= 0.6 is 12.6 Å². The minimum Gasteiger partial charge on any atom is -0.381 e. The molecule has 0 aromatic rings. The Morgan fingerprint density at radius 2 is 2.14 bits per heavy atom. The fraction of sp³-hybridized carbons (Fsp3) is 1.00. The monoisotopic (exact) mass is 222 g/mol. The molecule has 14 heavy (non-hydrogen) atoms. The summed E-state index contributed by atoms with van der Waals surface area (Å²) in [6.45, 7) is 2.20. The van der Waals surface area contributed by atoms with E-state index in [-0.39, 0.29) is 6.10 Å². The molecule has 1 heterocycles. The van der Waals surface area contributed by atoms with Crippen molar-refractivity contribution in [2.24, 2.45) is 0 Å². The Morgan fingerprint density at radius 3 is 2.86 bits per heavy atom. The lowest BCUT2D eigenvalue weighted by molar-refractivity contribution is -0.549. The molecule has 84 valence electrons. The van der Waals surface area contributed by atoms with Crippen LogP contribution in [-0.2, 0) is 19.6 Å². The lowest BCUT2D eigenvalue weighted by atomic mass is 10.1. The maximum absolute atomic E-state index is 5.39. The molecular formula is C9H18O4S. The highest BCUT2D eigenvalue weighted by molar-refractivity contribution is 7.80. The van der Waals surface area contributed by atoms with Crippen LogP contribution in [0.15, 0.2) is 0 Å². The predicted octanol–water partition coefficient (Wildman–Crippen LogP) is 1.76. The molecule has 0 aliphatic carbocycles. The van der Waals surface area contributed by atoms with Crippen molar-refractivity contribution in [3.05, 3.63) is 0 Å². The van der Waals surface area contributed by atoms with Crippen molar-refractivity contribution >= 4 is 12.6 Å². The summed E-state index contributed by atoms with van der Waals surface area (Å²) in [6, 6.07) is 0. The summed E-state index contributed by atoms with van der Waals surface area (Å²) in [5.41, 5.74) is 0. The van der Waals surface area contributed by atoms with Crippen molar-refractivity contribution in [3.8, 4) is 0 Å². The van der Waals surface area contributed by atoms with Gasteiger partial charge in [0.1, 0.15) is 0 Å². The second-order valence-electron chi connectivity index (χ2n) is 3.23. The second kappa shape index (κ2) is 8.49. The molecule has 0 spiro atoms. The number of hydrogen-bond acceptors (Lipinski definition) is 5. The van der Waals surface area contributed by atoms with Crippen LogP contribution < -0.4 is 0 Å². The van der Waals surface area contributed by atoms with Gasteiger partial charge < -0.3 is 4.74 Å². The van der Waals surface area contributed by atoms with Gasteiger partial charge in [0.15, 0.2) is 0 Å². The first-order chi connectivity index (χ1) is 6.93. The van der Waals surface area contributed by atoms with Gasteiger partial charge in [0.05, 0.1) is 12.7 Å². The van der Waals surface area contributed by atoms with Crippen molar-refractivity contribution < 1.29 is 19.6 Å². The van der Waals surface area contributed by atoms with Gasteiger partial charge in [-0.1, -0.05) is 5.04 Å². The zero-order valence-corrected chi connectivity index (χ0v) is 9.21. The molecule has 0 aromatic heterocycles. The first-order valence-electron chi connectivity index (χ1n) is 5.07. The van der Waals surface area contributed by atoms with E-state index in [9.17, 15) is 0 Å². The van der Waals surface area contributed by atoms with Crippen molar-refractivity contribution in [1.29, 1.82) is 0 Å². The van der Waals surface area contributed by atoms with Crippen LogP contribution in [0, 0.1) is 0 Å². The molecule has 0 bridgehead atoms. The largest absolute Gasteiger partial charge is 0.381 e. The molecule has 1 saturated heterocycles. The molecule has 1 aliphatic rings. The maximum Gasteiger partial charge on any atom is 0.0985 e. The molecule has 1 unspecified atom stereocenters. The van der Waals surface area contributed by atoms with E-state index in [1.54, 1.807) is 0 Å². The van der Waals surface area contributed by atoms with Gasteiger partial charge in [0.25, 0.3) is 0 Å². The number of ether oxygens (including phenoxy) is 1. The number of rotatable bonds is 7. The molecular weight excluding hydrogens is 204 g/mol. The van der Waals surface area contributed by atoms with Gasteiger partial charge in [-0.15, -0.1) is 0 Å². The first-order valence-corrected chi connectivity index (χ1v) is 5.70. The third-order valence-electron chi connectivity index (χ3n) is 2.01. The van der Waals surface area contributed by atoms with Crippen LogP contribution in [-0.4, -0.2) is 31.7 Å².